The summed E-state index contributed by atoms with van der Waals surface area (Å²) in [6, 6.07) is 7.61. The molecule has 21 heavy (non-hydrogen) atoms. The van der Waals surface area contributed by atoms with E-state index in [1.807, 2.05) is 0 Å². The van der Waals surface area contributed by atoms with Crippen molar-refractivity contribution in [1.29, 1.82) is 0 Å². The van der Waals surface area contributed by atoms with Crippen molar-refractivity contribution in [1.82, 2.24) is 5.32 Å². The summed E-state index contributed by atoms with van der Waals surface area (Å²) in [6.07, 6.45) is 1.18. The molecule has 0 aliphatic carbocycles. The number of hydrogen-bond acceptors (Lipinski definition) is 5. The van der Waals surface area contributed by atoms with E-state index in [2.05, 4.69) is 5.32 Å². The van der Waals surface area contributed by atoms with Crippen LogP contribution >= 0.6 is 0 Å². The Balaban J connectivity index is 1.89. The van der Waals surface area contributed by atoms with Crippen molar-refractivity contribution in [3.05, 3.63) is 53.5 Å². The first-order chi connectivity index (χ1) is 9.86. The van der Waals surface area contributed by atoms with Gasteiger partial charge in [-0.1, -0.05) is 12.1 Å². The van der Waals surface area contributed by atoms with E-state index in [4.69, 9.17) is 14.7 Å². The molecule has 7 nitrogen and oxygen atoms in total. The van der Waals surface area contributed by atoms with Crippen LogP contribution in [0, 0.1) is 0 Å². The molecule has 0 fully saturated rings. The van der Waals surface area contributed by atoms with Gasteiger partial charge < -0.3 is 14.8 Å². The van der Waals surface area contributed by atoms with E-state index in [0.29, 0.717) is 18.8 Å². The van der Waals surface area contributed by atoms with Crippen LogP contribution < -0.4 is 10.5 Å². The molecule has 1 aromatic heterocycles. The van der Waals surface area contributed by atoms with Crippen LogP contribution in [0.25, 0.3) is 0 Å². The SMILES string of the molecule is NS(=O)(=O)c1ccc(CNCc2cc(C(=O)O)co2)cc1. The van der Waals surface area contributed by atoms with E-state index in [9.17, 15) is 13.2 Å². The van der Waals surface area contributed by atoms with Gasteiger partial charge in [0.2, 0.25) is 10.0 Å². The molecule has 1 heterocycles. The summed E-state index contributed by atoms with van der Waals surface area (Å²) < 4.78 is 27.3. The Hall–Kier alpha value is -2.16. The van der Waals surface area contributed by atoms with Crippen molar-refractivity contribution in [2.45, 2.75) is 18.0 Å². The number of carboxylic acid groups (broad SMARTS) is 1. The normalized spacial score (nSPS) is 11.5. The van der Waals surface area contributed by atoms with Crippen molar-refractivity contribution in [3.8, 4) is 0 Å². The summed E-state index contributed by atoms with van der Waals surface area (Å²) in [5.74, 6) is -0.530. The number of furan rings is 1. The van der Waals surface area contributed by atoms with E-state index in [0.717, 1.165) is 5.56 Å². The Morgan fingerprint density at radius 2 is 1.90 bits per heavy atom. The predicted molar refractivity (Wildman–Crippen MR) is 74.0 cm³/mol. The van der Waals surface area contributed by atoms with Gasteiger partial charge in [0.25, 0.3) is 0 Å². The highest BCUT2D eigenvalue weighted by Gasteiger charge is 2.08. The topological polar surface area (TPSA) is 123 Å². The average Bonchev–Trinajstić information content (AvgIpc) is 2.87. The van der Waals surface area contributed by atoms with Crippen molar-refractivity contribution < 1.29 is 22.7 Å². The zero-order valence-electron chi connectivity index (χ0n) is 10.9. The number of primary sulfonamides is 1. The van der Waals surface area contributed by atoms with Gasteiger partial charge in [0, 0.05) is 6.54 Å². The van der Waals surface area contributed by atoms with Crippen molar-refractivity contribution in [2.75, 3.05) is 0 Å². The number of nitrogens with two attached hydrogens (primary N) is 1. The lowest BCUT2D eigenvalue weighted by Gasteiger charge is -2.04. The summed E-state index contributed by atoms with van der Waals surface area (Å²) in [5.41, 5.74) is 0.969. The summed E-state index contributed by atoms with van der Waals surface area (Å²) in [6.45, 7) is 0.845. The molecule has 0 aliphatic heterocycles. The number of carboxylic acids is 1. The standard InChI is InChI=1S/C13H14N2O5S/c14-21(18,19)12-3-1-9(2-4-12)6-15-7-11-5-10(8-20-11)13(16)17/h1-5,8,15H,6-7H2,(H,16,17)(H2,14,18,19). The van der Waals surface area contributed by atoms with E-state index >= 15 is 0 Å². The zero-order valence-corrected chi connectivity index (χ0v) is 11.8. The fraction of sp³-hybridized carbons (Fsp3) is 0.154. The highest BCUT2D eigenvalue weighted by molar-refractivity contribution is 7.89. The number of nitrogens with one attached hydrogen (secondary N) is 1. The van der Waals surface area contributed by atoms with Crippen molar-refractivity contribution >= 4 is 16.0 Å². The molecule has 1 aromatic carbocycles. The molecule has 8 heteroatoms. The highest BCUT2D eigenvalue weighted by Crippen LogP contribution is 2.10. The second-order valence-electron chi connectivity index (χ2n) is 4.40. The van der Waals surface area contributed by atoms with E-state index in [1.54, 1.807) is 12.1 Å². The molecule has 0 aliphatic rings. The molecule has 0 radical (unpaired) electrons. The third kappa shape index (κ3) is 4.15. The van der Waals surface area contributed by atoms with Crippen LogP contribution in [-0.4, -0.2) is 19.5 Å². The zero-order chi connectivity index (χ0) is 15.5. The molecule has 2 rings (SSSR count). The van der Waals surface area contributed by atoms with E-state index < -0.39 is 16.0 Å². The predicted octanol–water partition coefficient (Wildman–Crippen LogP) is 0.915. The Morgan fingerprint density at radius 3 is 2.43 bits per heavy atom. The summed E-state index contributed by atoms with van der Waals surface area (Å²) in [5, 5.41) is 16.8. The molecular formula is C13H14N2O5S. The Kier molecular flexibility index (Phi) is 4.41. The fourth-order valence-electron chi connectivity index (χ4n) is 1.71. The molecule has 0 atom stereocenters. The van der Waals surface area contributed by atoms with Crippen LogP contribution in [0.4, 0.5) is 0 Å². The second-order valence-corrected chi connectivity index (χ2v) is 5.96. The third-order valence-corrected chi connectivity index (χ3v) is 3.71. The lowest BCUT2D eigenvalue weighted by atomic mass is 10.2. The van der Waals surface area contributed by atoms with Crippen molar-refractivity contribution in [2.24, 2.45) is 5.14 Å². The van der Waals surface area contributed by atoms with Crippen molar-refractivity contribution in [3.63, 3.8) is 0 Å². The number of aromatic carboxylic acids is 1. The van der Waals surface area contributed by atoms with Gasteiger partial charge in [-0.15, -0.1) is 0 Å². The first-order valence-electron chi connectivity index (χ1n) is 5.99. The summed E-state index contributed by atoms with van der Waals surface area (Å²) in [7, 11) is -3.68. The van der Waals surface area contributed by atoms with Crippen LogP contribution in [0.15, 0.2) is 45.9 Å². The lowest BCUT2D eigenvalue weighted by Crippen LogP contribution is -2.14. The van der Waals surface area contributed by atoms with Gasteiger partial charge in [0.05, 0.1) is 17.0 Å². The molecule has 0 saturated heterocycles. The van der Waals surface area contributed by atoms with Gasteiger partial charge in [-0.3, -0.25) is 0 Å². The van der Waals surface area contributed by atoms with Gasteiger partial charge in [-0.25, -0.2) is 18.4 Å². The number of benzene rings is 1. The van der Waals surface area contributed by atoms with Gasteiger partial charge >= 0.3 is 5.97 Å². The van der Waals surface area contributed by atoms with Gasteiger partial charge in [-0.2, -0.15) is 0 Å². The molecule has 0 amide bonds. The first-order valence-corrected chi connectivity index (χ1v) is 7.54. The molecule has 4 N–H and O–H groups in total. The number of sulfonamides is 1. The minimum absolute atomic E-state index is 0.0587. The van der Waals surface area contributed by atoms with Crippen LogP contribution in [-0.2, 0) is 23.1 Å². The van der Waals surface area contributed by atoms with Crippen LogP contribution in [0.5, 0.6) is 0 Å². The Morgan fingerprint density at radius 1 is 1.24 bits per heavy atom. The van der Waals surface area contributed by atoms with Gasteiger partial charge in [-0.05, 0) is 23.8 Å². The lowest BCUT2D eigenvalue weighted by molar-refractivity contribution is 0.0696. The Labute approximate surface area is 121 Å². The Bertz CT molecular complexity index is 734. The first kappa shape index (κ1) is 15.2. The largest absolute Gasteiger partial charge is 0.478 e. The third-order valence-electron chi connectivity index (χ3n) is 2.78. The number of carbonyl (C=O) groups is 1. The van der Waals surface area contributed by atoms with E-state index in [-0.39, 0.29) is 10.5 Å². The average molecular weight is 310 g/mol. The maximum atomic E-state index is 11.1. The van der Waals surface area contributed by atoms with Gasteiger partial charge in [0.15, 0.2) is 0 Å². The molecule has 0 saturated carbocycles. The molecule has 112 valence electrons. The quantitative estimate of drug-likeness (QED) is 0.729. The minimum Gasteiger partial charge on any atom is -0.478 e. The monoisotopic (exact) mass is 310 g/mol. The summed E-state index contributed by atoms with van der Waals surface area (Å²) in [4.78, 5) is 10.7. The van der Waals surface area contributed by atoms with E-state index in [1.165, 1.54) is 24.5 Å². The molecule has 0 unspecified atom stereocenters. The smallest absolute Gasteiger partial charge is 0.338 e. The molecular weight excluding hydrogens is 296 g/mol. The molecule has 2 aromatic rings. The number of hydrogen-bond donors (Lipinski definition) is 3. The summed E-state index contributed by atoms with van der Waals surface area (Å²) >= 11 is 0. The highest BCUT2D eigenvalue weighted by atomic mass is 32.2. The van der Waals surface area contributed by atoms with Gasteiger partial charge in [0.1, 0.15) is 12.0 Å². The molecule has 0 spiro atoms. The maximum Gasteiger partial charge on any atom is 0.338 e. The maximum absolute atomic E-state index is 11.1. The second kappa shape index (κ2) is 6.08. The minimum atomic E-state index is -3.68. The molecule has 0 bridgehead atoms. The van der Waals surface area contributed by atoms with Crippen LogP contribution in [0.3, 0.4) is 0 Å². The van der Waals surface area contributed by atoms with Crippen LogP contribution in [0.1, 0.15) is 21.7 Å². The van der Waals surface area contributed by atoms with Crippen LogP contribution in [0.2, 0.25) is 0 Å². The number of rotatable bonds is 6. The fourth-order valence-corrected chi connectivity index (χ4v) is 2.23.